The van der Waals surface area contributed by atoms with Crippen LogP contribution in [-0.4, -0.2) is 34.0 Å². The maximum Gasteiger partial charge on any atom is 0.339 e. The Bertz CT molecular complexity index is 971. The second-order valence-electron chi connectivity index (χ2n) is 6.52. The molecule has 0 saturated carbocycles. The van der Waals surface area contributed by atoms with Crippen molar-refractivity contribution in [2.75, 3.05) is 0 Å². The van der Waals surface area contributed by atoms with Gasteiger partial charge in [-0.05, 0) is 45.0 Å². The summed E-state index contributed by atoms with van der Waals surface area (Å²) in [5.74, 6) is -0.894. The third-order valence-corrected chi connectivity index (χ3v) is 3.98. The molecular weight excluding hydrogens is 342 g/mol. The van der Waals surface area contributed by atoms with E-state index in [0.29, 0.717) is 22.2 Å². The molecule has 0 radical (unpaired) electrons. The van der Waals surface area contributed by atoms with Gasteiger partial charge in [-0.1, -0.05) is 18.2 Å². The zero-order valence-corrected chi connectivity index (χ0v) is 15.5. The number of carbonyl (C=O) groups is 2. The van der Waals surface area contributed by atoms with Gasteiger partial charge in [-0.3, -0.25) is 9.78 Å². The molecular formula is C21H21N3O3. The Kier molecular flexibility index (Phi) is 5.45. The van der Waals surface area contributed by atoms with Gasteiger partial charge in [0.25, 0.3) is 5.91 Å². The van der Waals surface area contributed by atoms with Crippen LogP contribution in [0.2, 0.25) is 0 Å². The maximum atomic E-state index is 12.8. The maximum absolute atomic E-state index is 12.8. The predicted molar refractivity (Wildman–Crippen MR) is 103 cm³/mol. The zero-order valence-electron chi connectivity index (χ0n) is 15.5. The van der Waals surface area contributed by atoms with Crippen molar-refractivity contribution in [1.29, 1.82) is 0 Å². The van der Waals surface area contributed by atoms with Crippen molar-refractivity contribution in [3.63, 3.8) is 0 Å². The first-order chi connectivity index (χ1) is 13.0. The van der Waals surface area contributed by atoms with Crippen molar-refractivity contribution >= 4 is 22.8 Å². The fourth-order valence-electron chi connectivity index (χ4n) is 2.69. The summed E-state index contributed by atoms with van der Waals surface area (Å²) < 4.78 is 5.40. The number of ether oxygens (including phenoxy) is 1. The van der Waals surface area contributed by atoms with Crippen molar-refractivity contribution in [3.05, 3.63) is 60.4 Å². The first kappa shape index (κ1) is 18.5. The summed E-state index contributed by atoms with van der Waals surface area (Å²) >= 11 is 0. The van der Waals surface area contributed by atoms with Gasteiger partial charge in [0.15, 0.2) is 6.10 Å². The summed E-state index contributed by atoms with van der Waals surface area (Å²) in [4.78, 5) is 33.6. The molecule has 3 rings (SSSR count). The Balaban J connectivity index is 1.97. The molecule has 1 amide bonds. The molecule has 6 nitrogen and oxygen atoms in total. The number of rotatable bonds is 5. The molecule has 2 heterocycles. The average molecular weight is 363 g/mol. The first-order valence-electron chi connectivity index (χ1n) is 8.77. The smallest absolute Gasteiger partial charge is 0.339 e. The molecule has 0 bridgehead atoms. The number of amides is 1. The van der Waals surface area contributed by atoms with Gasteiger partial charge in [0.1, 0.15) is 0 Å². The van der Waals surface area contributed by atoms with Gasteiger partial charge in [0.05, 0.1) is 16.8 Å². The normalized spacial score (nSPS) is 12.0. The van der Waals surface area contributed by atoms with Crippen LogP contribution >= 0.6 is 0 Å². The van der Waals surface area contributed by atoms with Gasteiger partial charge in [0.2, 0.25) is 0 Å². The fourth-order valence-corrected chi connectivity index (χ4v) is 2.69. The van der Waals surface area contributed by atoms with Gasteiger partial charge in [-0.2, -0.15) is 0 Å². The Morgan fingerprint density at radius 3 is 2.56 bits per heavy atom. The molecule has 0 aliphatic carbocycles. The summed E-state index contributed by atoms with van der Waals surface area (Å²) in [7, 11) is 0. The van der Waals surface area contributed by atoms with Crippen LogP contribution in [-0.2, 0) is 9.53 Å². The lowest BCUT2D eigenvalue weighted by atomic mass is 10.0. The highest BCUT2D eigenvalue weighted by atomic mass is 16.5. The number of fused-ring (bicyclic) bond motifs is 1. The van der Waals surface area contributed by atoms with Crippen molar-refractivity contribution in [1.82, 2.24) is 15.3 Å². The van der Waals surface area contributed by atoms with Crippen LogP contribution in [0.5, 0.6) is 0 Å². The number of hydrogen-bond acceptors (Lipinski definition) is 5. The molecule has 27 heavy (non-hydrogen) atoms. The molecule has 138 valence electrons. The Hall–Kier alpha value is -3.28. The zero-order chi connectivity index (χ0) is 19.4. The summed E-state index contributed by atoms with van der Waals surface area (Å²) in [5, 5.41) is 3.41. The summed E-state index contributed by atoms with van der Waals surface area (Å²) in [6, 6.07) is 12.7. The summed E-state index contributed by atoms with van der Waals surface area (Å²) in [6.07, 6.45) is 2.47. The Morgan fingerprint density at radius 2 is 1.85 bits per heavy atom. The molecule has 0 unspecified atom stereocenters. The average Bonchev–Trinajstić information content (AvgIpc) is 2.67. The number of nitrogens with one attached hydrogen (secondary N) is 1. The number of hydrogen-bond donors (Lipinski definition) is 1. The monoisotopic (exact) mass is 363 g/mol. The molecule has 0 aliphatic rings. The van der Waals surface area contributed by atoms with Crippen molar-refractivity contribution in [3.8, 4) is 11.3 Å². The van der Waals surface area contributed by atoms with Crippen LogP contribution in [0, 0.1) is 0 Å². The van der Waals surface area contributed by atoms with E-state index in [1.807, 2.05) is 50.2 Å². The molecule has 0 spiro atoms. The van der Waals surface area contributed by atoms with E-state index < -0.39 is 12.1 Å². The van der Waals surface area contributed by atoms with Crippen molar-refractivity contribution < 1.29 is 14.3 Å². The number of aromatic nitrogens is 2. The van der Waals surface area contributed by atoms with Crippen LogP contribution in [0.15, 0.2) is 54.9 Å². The van der Waals surface area contributed by atoms with Crippen LogP contribution in [0.1, 0.15) is 31.1 Å². The second kappa shape index (κ2) is 7.95. The lowest BCUT2D eigenvalue weighted by Crippen LogP contribution is -2.39. The summed E-state index contributed by atoms with van der Waals surface area (Å²) in [5.41, 5.74) is 2.45. The molecule has 0 fully saturated rings. The van der Waals surface area contributed by atoms with Gasteiger partial charge in [-0.15, -0.1) is 0 Å². The standard InChI is InChI=1S/C21H21N3O3/c1-13(2)23-20(25)14(3)27-21(26)17-11-19(15-7-6-10-22-12-15)24-18-9-5-4-8-16(17)18/h4-14H,1-3H3,(H,23,25)/t14-/m1/s1. The first-order valence-corrected chi connectivity index (χ1v) is 8.77. The highest BCUT2D eigenvalue weighted by Crippen LogP contribution is 2.25. The summed E-state index contributed by atoms with van der Waals surface area (Å²) in [6.45, 7) is 5.26. The number of carbonyl (C=O) groups excluding carboxylic acids is 2. The minimum atomic E-state index is -0.895. The number of para-hydroxylation sites is 1. The van der Waals surface area contributed by atoms with Gasteiger partial charge >= 0.3 is 5.97 Å². The molecule has 1 atom stereocenters. The molecule has 1 aromatic carbocycles. The SMILES string of the molecule is CC(C)NC(=O)[C@@H](C)OC(=O)c1cc(-c2cccnc2)nc2ccccc12. The molecule has 6 heteroatoms. The molecule has 2 aromatic heterocycles. The highest BCUT2D eigenvalue weighted by Gasteiger charge is 2.22. The Labute approximate surface area is 157 Å². The quantitative estimate of drug-likeness (QED) is 0.703. The number of benzene rings is 1. The second-order valence-corrected chi connectivity index (χ2v) is 6.52. The minimum Gasteiger partial charge on any atom is -0.449 e. The third kappa shape index (κ3) is 4.28. The minimum absolute atomic E-state index is 0.0300. The van der Waals surface area contributed by atoms with E-state index in [2.05, 4.69) is 15.3 Å². The Morgan fingerprint density at radius 1 is 1.07 bits per heavy atom. The topological polar surface area (TPSA) is 81.2 Å². The largest absolute Gasteiger partial charge is 0.449 e. The third-order valence-electron chi connectivity index (χ3n) is 3.98. The van der Waals surface area contributed by atoms with E-state index in [0.717, 1.165) is 5.56 Å². The van der Waals surface area contributed by atoms with Gasteiger partial charge in [0, 0.05) is 29.4 Å². The van der Waals surface area contributed by atoms with E-state index >= 15 is 0 Å². The molecule has 1 N–H and O–H groups in total. The van der Waals surface area contributed by atoms with Crippen LogP contribution in [0.4, 0.5) is 0 Å². The van der Waals surface area contributed by atoms with Crippen molar-refractivity contribution in [2.45, 2.75) is 32.9 Å². The highest BCUT2D eigenvalue weighted by molar-refractivity contribution is 6.05. The van der Waals surface area contributed by atoms with Crippen molar-refractivity contribution in [2.24, 2.45) is 0 Å². The lowest BCUT2D eigenvalue weighted by Gasteiger charge is -2.16. The molecule has 0 aliphatic heterocycles. The van der Waals surface area contributed by atoms with Gasteiger partial charge in [-0.25, -0.2) is 9.78 Å². The van der Waals surface area contributed by atoms with E-state index in [1.165, 1.54) is 0 Å². The lowest BCUT2D eigenvalue weighted by molar-refractivity contribution is -0.129. The van der Waals surface area contributed by atoms with E-state index in [4.69, 9.17) is 4.74 Å². The van der Waals surface area contributed by atoms with Gasteiger partial charge < -0.3 is 10.1 Å². The van der Waals surface area contributed by atoms with Crippen LogP contribution in [0.3, 0.4) is 0 Å². The number of nitrogens with zero attached hydrogens (tertiary/aromatic N) is 2. The van der Waals surface area contributed by atoms with Crippen LogP contribution < -0.4 is 5.32 Å². The molecule has 3 aromatic rings. The predicted octanol–water partition coefficient (Wildman–Crippen LogP) is 3.37. The van der Waals surface area contributed by atoms with Crippen LogP contribution in [0.25, 0.3) is 22.2 Å². The molecule has 0 saturated heterocycles. The fraction of sp³-hybridized carbons (Fsp3) is 0.238. The number of pyridine rings is 2. The van der Waals surface area contributed by atoms with E-state index in [-0.39, 0.29) is 11.9 Å². The van der Waals surface area contributed by atoms with E-state index in [9.17, 15) is 9.59 Å². The number of esters is 1. The van der Waals surface area contributed by atoms with E-state index in [1.54, 1.807) is 25.4 Å².